The Morgan fingerprint density at radius 3 is 2.55 bits per heavy atom. The summed E-state index contributed by atoms with van der Waals surface area (Å²) in [5.41, 5.74) is 3.12. The fraction of sp³-hybridized carbons (Fsp3) is 0.316. The van der Waals surface area contributed by atoms with Crippen molar-refractivity contribution in [1.29, 1.82) is 0 Å². The first-order chi connectivity index (χ1) is 10.7. The van der Waals surface area contributed by atoms with Gasteiger partial charge >= 0.3 is 0 Å². The summed E-state index contributed by atoms with van der Waals surface area (Å²) in [6.45, 7) is 8.35. The van der Waals surface area contributed by atoms with Crippen LogP contribution in [0, 0.1) is 0 Å². The average molecular weight is 294 g/mol. The zero-order chi connectivity index (χ0) is 15.5. The van der Waals surface area contributed by atoms with E-state index in [9.17, 15) is 4.79 Å². The van der Waals surface area contributed by atoms with Crippen molar-refractivity contribution in [3.63, 3.8) is 0 Å². The molecule has 1 aliphatic carbocycles. The summed E-state index contributed by atoms with van der Waals surface area (Å²) in [5, 5.41) is 1.12. The molecule has 0 bridgehead atoms. The molecule has 0 unspecified atom stereocenters. The zero-order valence-electron chi connectivity index (χ0n) is 13.2. The van der Waals surface area contributed by atoms with Crippen LogP contribution in [0.2, 0.25) is 0 Å². The molecule has 22 heavy (non-hydrogen) atoms. The number of benzene rings is 2. The normalized spacial score (nSPS) is 11.6. The lowest BCUT2D eigenvalue weighted by atomic mass is 10.0. The van der Waals surface area contributed by atoms with Crippen LogP contribution in [0.5, 0.6) is 0 Å². The Kier molecular flexibility index (Phi) is 4.25. The lowest BCUT2D eigenvalue weighted by Gasteiger charge is -2.23. The van der Waals surface area contributed by atoms with E-state index in [1.54, 1.807) is 6.07 Å². The summed E-state index contributed by atoms with van der Waals surface area (Å²) in [4.78, 5) is 14.6. The zero-order valence-corrected chi connectivity index (χ0v) is 13.2. The van der Waals surface area contributed by atoms with E-state index in [4.69, 9.17) is 0 Å². The highest BCUT2D eigenvalue weighted by atomic mass is 16.1. The molecule has 1 heterocycles. The van der Waals surface area contributed by atoms with Crippen molar-refractivity contribution in [2.24, 2.45) is 0 Å². The standard InChI is InChI=1S/C19H22N2O/c1-3-20(4-2)12-13-21-17-9-6-5-8-15(17)14-16-18(21)10-7-11-19(16)22/h5-11,14H,3-4,12-13H2,1-2H3. The highest BCUT2D eigenvalue weighted by Gasteiger charge is 2.13. The summed E-state index contributed by atoms with van der Waals surface area (Å²) < 4.78 is 2.28. The van der Waals surface area contributed by atoms with E-state index in [1.165, 1.54) is 5.52 Å². The van der Waals surface area contributed by atoms with Crippen molar-refractivity contribution >= 4 is 10.9 Å². The molecule has 0 spiro atoms. The predicted octanol–water partition coefficient (Wildman–Crippen LogP) is 3.45. The fourth-order valence-electron chi connectivity index (χ4n) is 3.08. The highest BCUT2D eigenvalue weighted by molar-refractivity contribution is 5.86. The predicted molar refractivity (Wildman–Crippen MR) is 92.6 cm³/mol. The van der Waals surface area contributed by atoms with Gasteiger partial charge in [0, 0.05) is 24.2 Å². The van der Waals surface area contributed by atoms with Gasteiger partial charge in [-0.2, -0.15) is 0 Å². The van der Waals surface area contributed by atoms with E-state index in [-0.39, 0.29) is 5.43 Å². The van der Waals surface area contributed by atoms with Gasteiger partial charge in [0.15, 0.2) is 5.43 Å². The van der Waals surface area contributed by atoms with Crippen LogP contribution in [0.3, 0.4) is 0 Å². The summed E-state index contributed by atoms with van der Waals surface area (Å²) >= 11 is 0. The number of aromatic nitrogens is 1. The number of para-hydroxylation sites is 1. The molecule has 3 nitrogen and oxygen atoms in total. The molecule has 0 atom stereocenters. The van der Waals surface area contributed by atoms with Crippen LogP contribution in [-0.4, -0.2) is 29.1 Å². The fourth-order valence-corrected chi connectivity index (χ4v) is 3.08. The molecule has 1 aromatic rings. The van der Waals surface area contributed by atoms with Gasteiger partial charge in [0.05, 0.1) is 5.69 Å². The van der Waals surface area contributed by atoms with Gasteiger partial charge in [0.2, 0.25) is 0 Å². The van der Waals surface area contributed by atoms with Gasteiger partial charge in [0.25, 0.3) is 0 Å². The van der Waals surface area contributed by atoms with Gasteiger partial charge < -0.3 is 9.47 Å². The number of likely N-dealkylation sites (N-methyl/N-ethyl adjacent to an activating group) is 1. The Labute approximate surface area is 131 Å². The van der Waals surface area contributed by atoms with Gasteiger partial charge in [-0.15, -0.1) is 0 Å². The Bertz CT molecular complexity index is 802. The maximum absolute atomic E-state index is 12.2. The number of rotatable bonds is 5. The number of hydrogen-bond donors (Lipinski definition) is 0. The second-order valence-corrected chi connectivity index (χ2v) is 5.57. The molecule has 0 aromatic heterocycles. The van der Waals surface area contributed by atoms with Gasteiger partial charge in [-0.05, 0) is 42.7 Å². The largest absolute Gasteiger partial charge is 0.339 e. The minimum Gasteiger partial charge on any atom is -0.339 e. The third-order valence-electron chi connectivity index (χ3n) is 4.40. The molecule has 0 saturated heterocycles. The minimum atomic E-state index is 0.0971. The van der Waals surface area contributed by atoms with Crippen molar-refractivity contribution in [2.45, 2.75) is 20.4 Å². The molecule has 3 rings (SSSR count). The van der Waals surface area contributed by atoms with E-state index < -0.39 is 0 Å². The highest BCUT2D eigenvalue weighted by Crippen LogP contribution is 2.25. The number of pyridine rings is 1. The lowest BCUT2D eigenvalue weighted by Crippen LogP contribution is -2.28. The van der Waals surface area contributed by atoms with Crippen LogP contribution in [0.15, 0.2) is 53.3 Å². The van der Waals surface area contributed by atoms with E-state index in [2.05, 4.69) is 41.5 Å². The summed E-state index contributed by atoms with van der Waals surface area (Å²) in [6, 6.07) is 15.9. The number of nitrogens with zero attached hydrogens (tertiary/aromatic N) is 2. The minimum absolute atomic E-state index is 0.0971. The first-order valence-corrected chi connectivity index (χ1v) is 7.98. The smallest absolute Gasteiger partial charge is 0.187 e. The summed E-state index contributed by atoms with van der Waals surface area (Å²) in [7, 11) is 0. The number of fused-ring (bicyclic) bond motifs is 2. The van der Waals surface area contributed by atoms with Gasteiger partial charge in [-0.3, -0.25) is 4.79 Å². The molecular formula is C19H22N2O. The molecule has 114 valence electrons. The van der Waals surface area contributed by atoms with Crippen molar-refractivity contribution in [3.05, 3.63) is 58.8 Å². The van der Waals surface area contributed by atoms with Crippen molar-refractivity contribution < 1.29 is 0 Å². The molecule has 3 heteroatoms. The van der Waals surface area contributed by atoms with Crippen molar-refractivity contribution in [2.75, 3.05) is 19.6 Å². The van der Waals surface area contributed by atoms with Crippen LogP contribution < -0.4 is 5.43 Å². The number of hydrogen-bond acceptors (Lipinski definition) is 2. The van der Waals surface area contributed by atoms with Crippen molar-refractivity contribution in [1.82, 2.24) is 9.47 Å². The van der Waals surface area contributed by atoms with E-state index in [0.717, 1.165) is 42.8 Å². The monoisotopic (exact) mass is 294 g/mol. The molecule has 0 amide bonds. The van der Waals surface area contributed by atoms with Gasteiger partial charge in [-0.25, -0.2) is 0 Å². The first-order valence-electron chi connectivity index (χ1n) is 7.98. The molecule has 0 N–H and O–H groups in total. The van der Waals surface area contributed by atoms with E-state index >= 15 is 0 Å². The summed E-state index contributed by atoms with van der Waals surface area (Å²) in [6.07, 6.45) is 0. The average Bonchev–Trinajstić information content (AvgIpc) is 2.55. The van der Waals surface area contributed by atoms with Crippen LogP contribution in [0.25, 0.3) is 22.2 Å². The Hall–Kier alpha value is -2.13. The van der Waals surface area contributed by atoms with E-state index in [1.807, 2.05) is 24.3 Å². The lowest BCUT2D eigenvalue weighted by molar-refractivity contribution is 0.292. The second kappa shape index (κ2) is 6.32. The third kappa shape index (κ3) is 2.64. The summed E-state index contributed by atoms with van der Waals surface area (Å²) in [5.74, 6) is 0. The molecule has 2 aliphatic rings. The van der Waals surface area contributed by atoms with Crippen molar-refractivity contribution in [3.8, 4) is 11.3 Å². The molecule has 0 radical (unpaired) electrons. The molecule has 1 aromatic carbocycles. The molecule has 1 aliphatic heterocycles. The topological polar surface area (TPSA) is 25.2 Å². The SMILES string of the molecule is CCN(CC)CCn1c2cccc(=O)c-2cc2ccccc21. The molecule has 0 fully saturated rings. The van der Waals surface area contributed by atoms with Crippen LogP contribution in [-0.2, 0) is 6.54 Å². The van der Waals surface area contributed by atoms with E-state index in [0.29, 0.717) is 0 Å². The first kappa shape index (κ1) is 14.8. The maximum atomic E-state index is 12.2. The quantitative estimate of drug-likeness (QED) is 0.673. The second-order valence-electron chi connectivity index (χ2n) is 5.57. The van der Waals surface area contributed by atoms with Crippen LogP contribution in [0.1, 0.15) is 13.8 Å². The molecule has 0 saturated carbocycles. The molecular weight excluding hydrogens is 272 g/mol. The third-order valence-corrected chi connectivity index (χ3v) is 4.40. The van der Waals surface area contributed by atoms with Gasteiger partial charge in [0.1, 0.15) is 0 Å². The Morgan fingerprint density at radius 1 is 1.00 bits per heavy atom. The van der Waals surface area contributed by atoms with Gasteiger partial charge in [-0.1, -0.05) is 38.1 Å². The Balaban J connectivity index is 2.15. The maximum Gasteiger partial charge on any atom is 0.187 e. The Morgan fingerprint density at radius 2 is 1.77 bits per heavy atom. The van der Waals surface area contributed by atoms with Crippen LogP contribution in [0.4, 0.5) is 0 Å². The van der Waals surface area contributed by atoms with Crippen LogP contribution >= 0.6 is 0 Å².